The number of non-ortho nitro benzene ring substituents is 1. The highest BCUT2D eigenvalue weighted by molar-refractivity contribution is 5.96. The van der Waals surface area contributed by atoms with E-state index in [9.17, 15) is 19.7 Å². The first-order chi connectivity index (χ1) is 14.3. The second-order valence-corrected chi connectivity index (χ2v) is 9.57. The summed E-state index contributed by atoms with van der Waals surface area (Å²) >= 11 is 0. The summed E-state index contributed by atoms with van der Waals surface area (Å²) in [5.74, 6) is -0.932. The molecule has 0 fully saturated rings. The van der Waals surface area contributed by atoms with Gasteiger partial charge >= 0.3 is 5.97 Å². The molecule has 0 saturated carbocycles. The monoisotopic (exact) mass is 426 g/mol. The predicted molar refractivity (Wildman–Crippen MR) is 119 cm³/mol. The summed E-state index contributed by atoms with van der Waals surface area (Å²) in [6.45, 7) is 12.2. The van der Waals surface area contributed by atoms with Gasteiger partial charge in [-0.15, -0.1) is 0 Å². The van der Waals surface area contributed by atoms with Crippen molar-refractivity contribution in [3.8, 4) is 0 Å². The third-order valence-corrected chi connectivity index (χ3v) is 4.87. The Hall–Kier alpha value is -3.22. The summed E-state index contributed by atoms with van der Waals surface area (Å²) in [7, 11) is 0. The number of rotatable bonds is 6. The second kappa shape index (κ2) is 9.29. The van der Waals surface area contributed by atoms with Gasteiger partial charge in [-0.1, -0.05) is 47.6 Å². The summed E-state index contributed by atoms with van der Waals surface area (Å²) in [5, 5.41) is 13.3. The van der Waals surface area contributed by atoms with Crippen LogP contribution in [0.15, 0.2) is 42.5 Å². The van der Waals surface area contributed by atoms with Gasteiger partial charge in [-0.2, -0.15) is 0 Å². The van der Waals surface area contributed by atoms with E-state index in [1.54, 1.807) is 0 Å². The maximum Gasteiger partial charge on any atom is 0.325 e. The van der Waals surface area contributed by atoms with Crippen LogP contribution in [0.2, 0.25) is 0 Å². The molecule has 0 bridgehead atoms. The van der Waals surface area contributed by atoms with E-state index in [0.717, 1.165) is 11.1 Å². The Morgan fingerprint density at radius 1 is 0.935 bits per heavy atom. The average molecular weight is 427 g/mol. The zero-order chi connectivity index (χ0) is 23.4. The lowest BCUT2D eigenvalue weighted by Gasteiger charge is -2.26. The number of carbonyl (C=O) groups excluding carboxylic acids is 2. The Labute approximate surface area is 183 Å². The summed E-state index contributed by atoms with van der Waals surface area (Å²) in [6.07, 6.45) is 0. The molecule has 7 nitrogen and oxygen atoms in total. The molecule has 0 atom stereocenters. The number of ether oxygens (including phenoxy) is 1. The fraction of sp³-hybridized carbons (Fsp3) is 0.417. The first-order valence-electron chi connectivity index (χ1n) is 10.1. The first kappa shape index (κ1) is 24.1. The number of hydrogen-bond donors (Lipinski definition) is 1. The Bertz CT molecular complexity index is 935. The van der Waals surface area contributed by atoms with Crippen LogP contribution in [0, 0.1) is 10.1 Å². The van der Waals surface area contributed by atoms with Crippen molar-refractivity contribution in [1.82, 2.24) is 5.32 Å². The minimum atomic E-state index is -0.588. The lowest BCUT2D eigenvalue weighted by atomic mass is 9.79. The third kappa shape index (κ3) is 6.91. The van der Waals surface area contributed by atoms with Crippen molar-refractivity contribution < 1.29 is 19.2 Å². The number of hydrogen-bond acceptors (Lipinski definition) is 5. The molecule has 2 rings (SSSR count). The molecule has 0 aliphatic carbocycles. The van der Waals surface area contributed by atoms with Crippen LogP contribution in [0.25, 0.3) is 0 Å². The average Bonchev–Trinajstić information content (AvgIpc) is 2.69. The minimum Gasteiger partial charge on any atom is -0.460 e. The standard InChI is InChI=1S/C24H30N2O5/c1-23(2,3)18-11-17(12-19(13-18)24(4,5)6)22(28)25-14-21(27)31-15-16-7-9-20(10-8-16)26(29)30/h7-13H,14-15H2,1-6H3,(H,25,28). The Morgan fingerprint density at radius 2 is 1.45 bits per heavy atom. The summed E-state index contributed by atoms with van der Waals surface area (Å²) in [5.41, 5.74) is 2.93. The SMILES string of the molecule is CC(C)(C)c1cc(C(=O)NCC(=O)OCc2ccc([N+](=O)[O-])cc2)cc(C(C)(C)C)c1. The highest BCUT2D eigenvalue weighted by Gasteiger charge is 2.22. The molecular weight excluding hydrogens is 396 g/mol. The maximum atomic E-state index is 12.7. The maximum absolute atomic E-state index is 12.7. The molecule has 1 amide bonds. The molecule has 0 aromatic heterocycles. The first-order valence-corrected chi connectivity index (χ1v) is 10.1. The molecule has 2 aromatic carbocycles. The van der Waals surface area contributed by atoms with Gasteiger partial charge in [0.15, 0.2) is 0 Å². The van der Waals surface area contributed by atoms with Crippen molar-refractivity contribution in [2.75, 3.05) is 6.54 Å². The molecule has 1 N–H and O–H groups in total. The van der Waals surface area contributed by atoms with Gasteiger partial charge in [-0.3, -0.25) is 19.7 Å². The fourth-order valence-electron chi connectivity index (χ4n) is 2.81. The Balaban J connectivity index is 2.01. The normalized spacial score (nSPS) is 11.7. The molecule has 0 heterocycles. The van der Waals surface area contributed by atoms with Gasteiger partial charge in [0.1, 0.15) is 13.2 Å². The van der Waals surface area contributed by atoms with E-state index in [1.165, 1.54) is 24.3 Å². The molecule has 31 heavy (non-hydrogen) atoms. The van der Waals surface area contributed by atoms with Crippen molar-refractivity contribution in [3.63, 3.8) is 0 Å². The third-order valence-electron chi connectivity index (χ3n) is 4.87. The van der Waals surface area contributed by atoms with Crippen molar-refractivity contribution in [2.45, 2.75) is 59.0 Å². The molecule has 166 valence electrons. The van der Waals surface area contributed by atoms with Gasteiger partial charge in [0.2, 0.25) is 0 Å². The molecule has 0 saturated heterocycles. The molecular formula is C24H30N2O5. The second-order valence-electron chi connectivity index (χ2n) is 9.57. The number of nitrogens with zero attached hydrogens (tertiary/aromatic N) is 1. The van der Waals surface area contributed by atoms with Crippen LogP contribution in [0.1, 0.15) is 68.6 Å². The van der Waals surface area contributed by atoms with Crippen LogP contribution in [0.5, 0.6) is 0 Å². The van der Waals surface area contributed by atoms with Gasteiger partial charge < -0.3 is 10.1 Å². The van der Waals surface area contributed by atoms with Crippen molar-refractivity contribution >= 4 is 17.6 Å². The van der Waals surface area contributed by atoms with Crippen molar-refractivity contribution in [2.24, 2.45) is 0 Å². The van der Waals surface area contributed by atoms with E-state index in [1.807, 2.05) is 12.1 Å². The highest BCUT2D eigenvalue weighted by atomic mass is 16.6. The molecule has 0 aliphatic rings. The largest absolute Gasteiger partial charge is 0.460 e. The number of carbonyl (C=O) groups is 2. The van der Waals surface area contributed by atoms with E-state index in [0.29, 0.717) is 11.1 Å². The number of nitro groups is 1. The zero-order valence-electron chi connectivity index (χ0n) is 18.9. The van der Waals surface area contributed by atoms with Crippen LogP contribution in [-0.4, -0.2) is 23.3 Å². The van der Waals surface area contributed by atoms with Gasteiger partial charge in [0, 0.05) is 17.7 Å². The number of esters is 1. The Morgan fingerprint density at radius 3 is 1.90 bits per heavy atom. The lowest BCUT2D eigenvalue weighted by Crippen LogP contribution is -2.31. The zero-order valence-corrected chi connectivity index (χ0v) is 18.9. The quantitative estimate of drug-likeness (QED) is 0.411. The number of benzene rings is 2. The topological polar surface area (TPSA) is 98.5 Å². The fourth-order valence-corrected chi connectivity index (χ4v) is 2.81. The molecule has 7 heteroatoms. The van der Waals surface area contributed by atoms with E-state index < -0.39 is 10.9 Å². The van der Waals surface area contributed by atoms with Crippen LogP contribution >= 0.6 is 0 Å². The van der Waals surface area contributed by atoms with E-state index >= 15 is 0 Å². The predicted octanol–water partition coefficient (Wildman–Crippen LogP) is 4.66. The smallest absolute Gasteiger partial charge is 0.325 e. The van der Waals surface area contributed by atoms with E-state index in [2.05, 4.69) is 52.9 Å². The van der Waals surface area contributed by atoms with Crippen LogP contribution < -0.4 is 5.32 Å². The van der Waals surface area contributed by atoms with Crippen LogP contribution in [0.3, 0.4) is 0 Å². The molecule has 0 unspecified atom stereocenters. The molecule has 0 radical (unpaired) electrons. The minimum absolute atomic E-state index is 0.0274. The lowest BCUT2D eigenvalue weighted by molar-refractivity contribution is -0.384. The molecule has 2 aromatic rings. The van der Waals surface area contributed by atoms with Crippen LogP contribution in [-0.2, 0) is 27.0 Å². The number of amides is 1. The van der Waals surface area contributed by atoms with Crippen molar-refractivity contribution in [3.05, 3.63) is 74.8 Å². The summed E-state index contributed by atoms with van der Waals surface area (Å²) in [4.78, 5) is 34.9. The van der Waals surface area contributed by atoms with E-state index in [-0.39, 0.29) is 35.6 Å². The van der Waals surface area contributed by atoms with Crippen molar-refractivity contribution in [1.29, 1.82) is 0 Å². The summed E-state index contributed by atoms with van der Waals surface area (Å²) in [6, 6.07) is 11.6. The Kier molecular flexibility index (Phi) is 7.21. The van der Waals surface area contributed by atoms with E-state index in [4.69, 9.17) is 4.74 Å². The van der Waals surface area contributed by atoms with Gasteiger partial charge in [0.05, 0.1) is 4.92 Å². The number of nitrogens with one attached hydrogen (secondary N) is 1. The molecule has 0 spiro atoms. The molecule has 0 aliphatic heterocycles. The van der Waals surface area contributed by atoms with Gasteiger partial charge in [-0.25, -0.2) is 0 Å². The van der Waals surface area contributed by atoms with Crippen LogP contribution in [0.4, 0.5) is 5.69 Å². The number of nitro benzene ring substituents is 1. The van der Waals surface area contributed by atoms with Gasteiger partial charge in [0.25, 0.3) is 11.6 Å². The summed E-state index contributed by atoms with van der Waals surface area (Å²) < 4.78 is 5.15. The highest BCUT2D eigenvalue weighted by Crippen LogP contribution is 2.30. The van der Waals surface area contributed by atoms with Gasteiger partial charge in [-0.05, 0) is 51.8 Å².